The standard InChI is InChI=1S/C17H19NO3/c19-15(13-6-2-1-3-7-13)11-18-10-14-12-20-16-8-4-5-9-17(16)21-14/h1-9,14-15,18-19H,10-12H2/p+1/t14-,15+/m1/s1. The lowest BCUT2D eigenvalue weighted by Gasteiger charge is -2.25. The minimum atomic E-state index is -0.456. The minimum absolute atomic E-state index is 0.0165. The lowest BCUT2D eigenvalue weighted by molar-refractivity contribution is -0.667. The summed E-state index contributed by atoms with van der Waals surface area (Å²) in [5.74, 6) is 1.60. The second-order valence-electron chi connectivity index (χ2n) is 5.18. The van der Waals surface area contributed by atoms with Crippen LogP contribution in [-0.4, -0.2) is 30.9 Å². The molecule has 2 aromatic carbocycles. The molecule has 2 aromatic rings. The van der Waals surface area contributed by atoms with E-state index in [2.05, 4.69) is 5.32 Å². The highest BCUT2D eigenvalue weighted by Crippen LogP contribution is 2.30. The summed E-state index contributed by atoms with van der Waals surface area (Å²) < 4.78 is 11.6. The molecule has 0 aromatic heterocycles. The van der Waals surface area contributed by atoms with Crippen molar-refractivity contribution in [1.82, 2.24) is 0 Å². The van der Waals surface area contributed by atoms with Crippen molar-refractivity contribution in [3.63, 3.8) is 0 Å². The molecule has 2 atom stereocenters. The molecule has 4 nitrogen and oxygen atoms in total. The number of para-hydroxylation sites is 2. The summed E-state index contributed by atoms with van der Waals surface area (Å²) in [5.41, 5.74) is 0.944. The molecule has 0 spiro atoms. The van der Waals surface area contributed by atoms with E-state index >= 15 is 0 Å². The quantitative estimate of drug-likeness (QED) is 0.866. The average Bonchev–Trinajstić information content (AvgIpc) is 2.55. The van der Waals surface area contributed by atoms with E-state index in [4.69, 9.17) is 9.47 Å². The van der Waals surface area contributed by atoms with Crippen molar-refractivity contribution in [2.75, 3.05) is 19.7 Å². The Kier molecular flexibility index (Phi) is 4.38. The zero-order chi connectivity index (χ0) is 14.5. The first-order valence-electron chi connectivity index (χ1n) is 7.26. The van der Waals surface area contributed by atoms with Gasteiger partial charge in [-0.2, -0.15) is 0 Å². The Morgan fingerprint density at radius 2 is 1.76 bits per heavy atom. The molecule has 1 heterocycles. The van der Waals surface area contributed by atoms with Crippen LogP contribution in [0, 0.1) is 0 Å². The molecule has 4 heteroatoms. The Bertz CT molecular complexity index is 573. The minimum Gasteiger partial charge on any atom is -0.486 e. The number of aliphatic hydroxyl groups is 1. The monoisotopic (exact) mass is 286 g/mol. The number of hydrogen-bond donors (Lipinski definition) is 2. The topological polar surface area (TPSA) is 55.3 Å². The van der Waals surface area contributed by atoms with Gasteiger partial charge in [0.05, 0.1) is 0 Å². The number of hydrogen-bond acceptors (Lipinski definition) is 3. The van der Waals surface area contributed by atoms with E-state index in [9.17, 15) is 5.11 Å². The van der Waals surface area contributed by atoms with Crippen LogP contribution in [0.1, 0.15) is 11.7 Å². The Morgan fingerprint density at radius 3 is 2.57 bits per heavy atom. The fraction of sp³-hybridized carbons (Fsp3) is 0.294. The largest absolute Gasteiger partial charge is 0.486 e. The van der Waals surface area contributed by atoms with E-state index in [0.717, 1.165) is 23.6 Å². The Balaban J connectivity index is 1.47. The van der Waals surface area contributed by atoms with Crippen molar-refractivity contribution in [1.29, 1.82) is 0 Å². The molecular formula is C17H20NO3+. The average molecular weight is 286 g/mol. The third-order valence-corrected chi connectivity index (χ3v) is 3.57. The Labute approximate surface area is 124 Å². The summed E-state index contributed by atoms with van der Waals surface area (Å²) in [6.07, 6.45) is -0.439. The molecule has 0 fully saturated rings. The van der Waals surface area contributed by atoms with Gasteiger partial charge in [-0.3, -0.25) is 0 Å². The number of benzene rings is 2. The highest BCUT2D eigenvalue weighted by atomic mass is 16.6. The van der Waals surface area contributed by atoms with Crippen LogP contribution in [0.25, 0.3) is 0 Å². The van der Waals surface area contributed by atoms with Crippen molar-refractivity contribution < 1.29 is 19.9 Å². The SMILES string of the molecule is O[C@@H](C[NH2+]C[C@@H]1COc2ccccc2O1)c1ccccc1. The summed E-state index contributed by atoms with van der Waals surface area (Å²) in [5, 5.41) is 12.2. The summed E-state index contributed by atoms with van der Waals surface area (Å²) in [6.45, 7) is 1.93. The molecule has 3 rings (SSSR count). The number of quaternary nitrogens is 1. The first kappa shape index (κ1) is 13.9. The Morgan fingerprint density at radius 1 is 1.05 bits per heavy atom. The van der Waals surface area contributed by atoms with Gasteiger partial charge in [-0.1, -0.05) is 42.5 Å². The highest BCUT2D eigenvalue weighted by Gasteiger charge is 2.22. The first-order valence-corrected chi connectivity index (χ1v) is 7.26. The van der Waals surface area contributed by atoms with Crippen LogP contribution in [0.4, 0.5) is 0 Å². The van der Waals surface area contributed by atoms with Gasteiger partial charge < -0.3 is 19.9 Å². The van der Waals surface area contributed by atoms with Gasteiger partial charge in [-0.05, 0) is 17.7 Å². The molecule has 0 amide bonds. The molecule has 21 heavy (non-hydrogen) atoms. The van der Waals surface area contributed by atoms with E-state index in [1.165, 1.54) is 0 Å². The molecule has 0 unspecified atom stereocenters. The number of aliphatic hydroxyl groups excluding tert-OH is 1. The zero-order valence-corrected chi connectivity index (χ0v) is 11.8. The third kappa shape index (κ3) is 3.54. The van der Waals surface area contributed by atoms with Gasteiger partial charge in [0.1, 0.15) is 25.8 Å². The maximum atomic E-state index is 10.1. The van der Waals surface area contributed by atoms with Crippen LogP contribution in [0.15, 0.2) is 54.6 Å². The van der Waals surface area contributed by atoms with Gasteiger partial charge in [-0.25, -0.2) is 0 Å². The molecule has 0 radical (unpaired) electrons. The van der Waals surface area contributed by atoms with E-state index in [1.54, 1.807) is 0 Å². The summed E-state index contributed by atoms with van der Waals surface area (Å²) in [4.78, 5) is 0. The lowest BCUT2D eigenvalue weighted by atomic mass is 10.1. The van der Waals surface area contributed by atoms with E-state index in [-0.39, 0.29) is 6.10 Å². The molecule has 0 bridgehead atoms. The van der Waals surface area contributed by atoms with E-state index in [0.29, 0.717) is 13.2 Å². The van der Waals surface area contributed by atoms with Crippen LogP contribution in [-0.2, 0) is 0 Å². The Hall–Kier alpha value is -2.04. The normalized spacial score (nSPS) is 18.2. The number of fused-ring (bicyclic) bond motifs is 1. The molecule has 0 aliphatic carbocycles. The first-order chi connectivity index (χ1) is 10.3. The highest BCUT2D eigenvalue weighted by molar-refractivity contribution is 5.40. The smallest absolute Gasteiger partial charge is 0.181 e. The van der Waals surface area contributed by atoms with Gasteiger partial charge in [-0.15, -0.1) is 0 Å². The number of nitrogens with two attached hydrogens (primary N) is 1. The van der Waals surface area contributed by atoms with Crippen molar-refractivity contribution in [3.05, 3.63) is 60.2 Å². The van der Waals surface area contributed by atoms with Crippen molar-refractivity contribution >= 4 is 0 Å². The van der Waals surface area contributed by atoms with Crippen LogP contribution in [0.3, 0.4) is 0 Å². The lowest BCUT2D eigenvalue weighted by Crippen LogP contribution is -2.88. The van der Waals surface area contributed by atoms with Gasteiger partial charge in [0.25, 0.3) is 0 Å². The molecule has 3 N–H and O–H groups in total. The predicted molar refractivity (Wildman–Crippen MR) is 79.4 cm³/mol. The summed E-state index contributed by atoms with van der Waals surface area (Å²) >= 11 is 0. The van der Waals surface area contributed by atoms with Crippen LogP contribution >= 0.6 is 0 Å². The van der Waals surface area contributed by atoms with Crippen LogP contribution in [0.5, 0.6) is 11.5 Å². The van der Waals surface area contributed by atoms with Gasteiger partial charge in [0.15, 0.2) is 17.6 Å². The zero-order valence-electron chi connectivity index (χ0n) is 11.8. The molecular weight excluding hydrogens is 266 g/mol. The number of ether oxygens (including phenoxy) is 2. The van der Waals surface area contributed by atoms with E-state index in [1.807, 2.05) is 54.6 Å². The van der Waals surface area contributed by atoms with Crippen molar-refractivity contribution in [3.8, 4) is 11.5 Å². The van der Waals surface area contributed by atoms with Crippen molar-refractivity contribution in [2.45, 2.75) is 12.2 Å². The fourth-order valence-corrected chi connectivity index (χ4v) is 2.43. The number of rotatable bonds is 5. The predicted octanol–water partition coefficient (Wildman–Crippen LogP) is 1.12. The molecule has 1 aliphatic rings. The van der Waals surface area contributed by atoms with Crippen molar-refractivity contribution in [2.24, 2.45) is 0 Å². The summed E-state index contributed by atoms with van der Waals surface area (Å²) in [6, 6.07) is 17.4. The van der Waals surface area contributed by atoms with Crippen LogP contribution < -0.4 is 14.8 Å². The maximum Gasteiger partial charge on any atom is 0.181 e. The summed E-state index contributed by atoms with van der Waals surface area (Å²) in [7, 11) is 0. The molecule has 110 valence electrons. The molecule has 1 aliphatic heterocycles. The van der Waals surface area contributed by atoms with E-state index < -0.39 is 6.10 Å². The van der Waals surface area contributed by atoms with Gasteiger partial charge in [0, 0.05) is 0 Å². The molecule has 0 saturated carbocycles. The van der Waals surface area contributed by atoms with Gasteiger partial charge in [0.2, 0.25) is 0 Å². The second-order valence-corrected chi connectivity index (χ2v) is 5.18. The third-order valence-electron chi connectivity index (χ3n) is 3.57. The fourth-order valence-electron chi connectivity index (χ4n) is 2.43. The van der Waals surface area contributed by atoms with Gasteiger partial charge >= 0.3 is 0 Å². The molecule has 0 saturated heterocycles. The second kappa shape index (κ2) is 6.61. The van der Waals surface area contributed by atoms with Crippen LogP contribution in [0.2, 0.25) is 0 Å². The maximum absolute atomic E-state index is 10.1.